The number of hydrogen-bond donors (Lipinski definition) is 2. The number of aromatic amines is 1. The molecule has 0 amide bonds. The Morgan fingerprint density at radius 3 is 2.91 bits per heavy atom. The van der Waals surface area contributed by atoms with Crippen LogP contribution in [0.4, 0.5) is 0 Å². The standard InChI is InChI=1S/C9H9NS/c1-6-5-7-8(10-6)3-2-4-9(7)11/h2-5,10-11H,1H3. The number of fused-ring (bicyclic) bond motifs is 1. The van der Waals surface area contributed by atoms with Gasteiger partial charge in [0.05, 0.1) is 0 Å². The molecule has 2 heteroatoms. The van der Waals surface area contributed by atoms with E-state index >= 15 is 0 Å². The highest BCUT2D eigenvalue weighted by atomic mass is 32.1. The number of benzene rings is 1. The fraction of sp³-hybridized carbons (Fsp3) is 0.111. The third kappa shape index (κ3) is 1.03. The highest BCUT2D eigenvalue weighted by molar-refractivity contribution is 7.80. The summed E-state index contributed by atoms with van der Waals surface area (Å²) in [5.41, 5.74) is 2.34. The van der Waals surface area contributed by atoms with Gasteiger partial charge in [0, 0.05) is 21.5 Å². The summed E-state index contributed by atoms with van der Waals surface area (Å²) in [4.78, 5) is 4.28. The summed E-state index contributed by atoms with van der Waals surface area (Å²) in [6.07, 6.45) is 0. The van der Waals surface area contributed by atoms with Crippen LogP contribution in [0.15, 0.2) is 29.2 Å². The van der Waals surface area contributed by atoms with E-state index in [2.05, 4.69) is 29.7 Å². The molecule has 0 atom stereocenters. The number of thiol groups is 1. The van der Waals surface area contributed by atoms with Gasteiger partial charge in [0.1, 0.15) is 0 Å². The van der Waals surface area contributed by atoms with Crippen LogP contribution in [-0.2, 0) is 0 Å². The number of hydrogen-bond acceptors (Lipinski definition) is 1. The van der Waals surface area contributed by atoms with Crippen LogP contribution in [-0.4, -0.2) is 4.98 Å². The highest BCUT2D eigenvalue weighted by Gasteiger charge is 1.98. The molecule has 0 spiro atoms. The maximum atomic E-state index is 4.34. The first-order valence-corrected chi connectivity index (χ1v) is 3.99. The molecule has 1 N–H and O–H groups in total. The Bertz CT molecular complexity index is 389. The topological polar surface area (TPSA) is 15.8 Å². The van der Waals surface area contributed by atoms with E-state index in [0.717, 1.165) is 10.4 Å². The predicted octanol–water partition coefficient (Wildman–Crippen LogP) is 2.77. The predicted molar refractivity (Wildman–Crippen MR) is 50.3 cm³/mol. The van der Waals surface area contributed by atoms with Crippen molar-refractivity contribution in [3.05, 3.63) is 30.0 Å². The third-order valence-electron chi connectivity index (χ3n) is 1.78. The van der Waals surface area contributed by atoms with Gasteiger partial charge in [0.2, 0.25) is 0 Å². The largest absolute Gasteiger partial charge is 0.359 e. The summed E-state index contributed by atoms with van der Waals surface area (Å²) >= 11 is 4.34. The summed E-state index contributed by atoms with van der Waals surface area (Å²) < 4.78 is 0. The molecule has 0 aliphatic carbocycles. The fourth-order valence-corrected chi connectivity index (χ4v) is 1.55. The van der Waals surface area contributed by atoms with E-state index in [1.165, 1.54) is 11.1 Å². The molecule has 1 aromatic heterocycles. The van der Waals surface area contributed by atoms with Crippen molar-refractivity contribution in [3.63, 3.8) is 0 Å². The van der Waals surface area contributed by atoms with Crippen LogP contribution in [0.1, 0.15) is 5.69 Å². The molecular weight excluding hydrogens is 154 g/mol. The Morgan fingerprint density at radius 1 is 1.36 bits per heavy atom. The van der Waals surface area contributed by atoms with E-state index in [0.29, 0.717) is 0 Å². The molecule has 0 radical (unpaired) electrons. The van der Waals surface area contributed by atoms with Gasteiger partial charge in [-0.25, -0.2) is 0 Å². The van der Waals surface area contributed by atoms with E-state index < -0.39 is 0 Å². The number of aromatic nitrogens is 1. The van der Waals surface area contributed by atoms with E-state index in [9.17, 15) is 0 Å². The molecule has 0 saturated carbocycles. The van der Waals surface area contributed by atoms with Crippen LogP contribution in [0.2, 0.25) is 0 Å². The first-order valence-electron chi connectivity index (χ1n) is 3.54. The van der Waals surface area contributed by atoms with Crippen LogP contribution in [0.5, 0.6) is 0 Å². The van der Waals surface area contributed by atoms with E-state index in [1.807, 2.05) is 19.1 Å². The quantitative estimate of drug-likeness (QED) is 0.555. The number of nitrogens with one attached hydrogen (secondary N) is 1. The van der Waals surface area contributed by atoms with Crippen molar-refractivity contribution >= 4 is 23.5 Å². The highest BCUT2D eigenvalue weighted by Crippen LogP contribution is 2.21. The molecule has 0 aliphatic heterocycles. The Labute approximate surface area is 70.8 Å². The SMILES string of the molecule is Cc1cc2c(S)cccc2[nH]1. The van der Waals surface area contributed by atoms with Crippen molar-refractivity contribution in [2.45, 2.75) is 11.8 Å². The molecule has 2 aromatic rings. The van der Waals surface area contributed by atoms with Gasteiger partial charge in [-0.3, -0.25) is 0 Å². The summed E-state index contributed by atoms with van der Waals surface area (Å²) in [6.45, 7) is 2.05. The van der Waals surface area contributed by atoms with Gasteiger partial charge < -0.3 is 4.98 Å². The second-order valence-corrected chi connectivity index (χ2v) is 3.17. The lowest BCUT2D eigenvalue weighted by atomic mass is 10.2. The lowest BCUT2D eigenvalue weighted by Crippen LogP contribution is -1.68. The van der Waals surface area contributed by atoms with Crippen molar-refractivity contribution in [3.8, 4) is 0 Å². The van der Waals surface area contributed by atoms with Crippen LogP contribution in [0, 0.1) is 6.92 Å². The first-order chi connectivity index (χ1) is 5.27. The molecule has 1 nitrogen and oxygen atoms in total. The minimum atomic E-state index is 1.03. The Hall–Kier alpha value is -0.890. The van der Waals surface area contributed by atoms with Gasteiger partial charge in [-0.1, -0.05) is 6.07 Å². The zero-order valence-electron chi connectivity index (χ0n) is 6.26. The first kappa shape index (κ1) is 6.80. The molecule has 56 valence electrons. The average molecular weight is 163 g/mol. The molecule has 1 aromatic carbocycles. The fourth-order valence-electron chi connectivity index (χ4n) is 1.28. The molecule has 0 unspecified atom stereocenters. The molecule has 2 rings (SSSR count). The Kier molecular flexibility index (Phi) is 1.43. The smallest absolute Gasteiger partial charge is 0.0467 e. The van der Waals surface area contributed by atoms with Gasteiger partial charge in [-0.05, 0) is 25.1 Å². The Balaban J connectivity index is 2.90. The number of aryl methyl sites for hydroxylation is 1. The zero-order valence-corrected chi connectivity index (χ0v) is 7.15. The van der Waals surface area contributed by atoms with Crippen LogP contribution < -0.4 is 0 Å². The Morgan fingerprint density at radius 2 is 2.18 bits per heavy atom. The minimum Gasteiger partial charge on any atom is -0.359 e. The van der Waals surface area contributed by atoms with Crippen LogP contribution in [0.3, 0.4) is 0 Å². The molecule has 0 fully saturated rings. The maximum absolute atomic E-state index is 4.34. The summed E-state index contributed by atoms with van der Waals surface area (Å²) in [5.74, 6) is 0. The van der Waals surface area contributed by atoms with Crippen molar-refractivity contribution in [2.24, 2.45) is 0 Å². The summed E-state index contributed by atoms with van der Waals surface area (Å²) in [7, 11) is 0. The second kappa shape index (κ2) is 2.31. The van der Waals surface area contributed by atoms with Gasteiger partial charge in [-0.15, -0.1) is 12.6 Å². The molecule has 0 aliphatic rings. The van der Waals surface area contributed by atoms with Crippen LogP contribution in [0.25, 0.3) is 10.9 Å². The maximum Gasteiger partial charge on any atom is 0.0467 e. The molecule has 11 heavy (non-hydrogen) atoms. The second-order valence-electron chi connectivity index (χ2n) is 2.69. The lowest BCUT2D eigenvalue weighted by molar-refractivity contribution is 1.30. The zero-order chi connectivity index (χ0) is 7.84. The van der Waals surface area contributed by atoms with Gasteiger partial charge in [-0.2, -0.15) is 0 Å². The van der Waals surface area contributed by atoms with Gasteiger partial charge in [0.15, 0.2) is 0 Å². The normalized spacial score (nSPS) is 10.7. The van der Waals surface area contributed by atoms with Crippen molar-refractivity contribution in [1.82, 2.24) is 4.98 Å². The monoisotopic (exact) mass is 163 g/mol. The molecule has 0 bridgehead atoms. The minimum absolute atomic E-state index is 1.03. The summed E-state index contributed by atoms with van der Waals surface area (Å²) in [6, 6.07) is 8.17. The molecule has 1 heterocycles. The average Bonchev–Trinajstić information content (AvgIpc) is 2.31. The van der Waals surface area contributed by atoms with Crippen molar-refractivity contribution in [2.75, 3.05) is 0 Å². The molecular formula is C9H9NS. The third-order valence-corrected chi connectivity index (χ3v) is 2.17. The number of rotatable bonds is 0. The van der Waals surface area contributed by atoms with Crippen molar-refractivity contribution in [1.29, 1.82) is 0 Å². The van der Waals surface area contributed by atoms with Gasteiger partial charge >= 0.3 is 0 Å². The van der Waals surface area contributed by atoms with Crippen LogP contribution >= 0.6 is 12.6 Å². The van der Waals surface area contributed by atoms with Gasteiger partial charge in [0.25, 0.3) is 0 Å². The number of H-pyrrole nitrogens is 1. The van der Waals surface area contributed by atoms with E-state index in [-0.39, 0.29) is 0 Å². The van der Waals surface area contributed by atoms with E-state index in [4.69, 9.17) is 0 Å². The van der Waals surface area contributed by atoms with E-state index in [1.54, 1.807) is 0 Å². The summed E-state index contributed by atoms with van der Waals surface area (Å²) in [5, 5.41) is 1.20. The molecule has 0 saturated heterocycles. The lowest BCUT2D eigenvalue weighted by Gasteiger charge is -1.91. The van der Waals surface area contributed by atoms with Crippen molar-refractivity contribution < 1.29 is 0 Å².